The van der Waals surface area contributed by atoms with Gasteiger partial charge in [0.15, 0.2) is 11.5 Å². The quantitative estimate of drug-likeness (QED) is 0.612. The standard InChI is InChI=1S/C27H37N3O4/c1-32-25-9-8-22(15-26(25)33-2)16-28-27(31)24-14-23(18-29-10-12-34-13-11-29)19-30(20-24)17-21-6-4-3-5-7-21/h3-9,15,23-24H,10-14,16-20H2,1-2H3,(H,28,31)/t23-,24-/m1/s1. The van der Waals surface area contributed by atoms with Crippen molar-refractivity contribution in [2.24, 2.45) is 11.8 Å². The van der Waals surface area contributed by atoms with E-state index in [1.807, 2.05) is 24.3 Å². The Bertz CT molecular complexity index is 917. The van der Waals surface area contributed by atoms with E-state index < -0.39 is 0 Å². The van der Waals surface area contributed by atoms with E-state index in [2.05, 4.69) is 39.4 Å². The number of rotatable bonds is 9. The first kappa shape index (κ1) is 24.5. The summed E-state index contributed by atoms with van der Waals surface area (Å²) in [5, 5.41) is 3.17. The Labute approximate surface area is 203 Å². The molecule has 2 atom stereocenters. The number of amides is 1. The van der Waals surface area contributed by atoms with Gasteiger partial charge in [-0.05, 0) is 35.6 Å². The van der Waals surface area contributed by atoms with E-state index >= 15 is 0 Å². The summed E-state index contributed by atoms with van der Waals surface area (Å²) >= 11 is 0. The molecule has 34 heavy (non-hydrogen) atoms. The fourth-order valence-electron chi connectivity index (χ4n) is 5.07. The number of carbonyl (C=O) groups is 1. The number of hydrogen-bond acceptors (Lipinski definition) is 6. The number of nitrogens with one attached hydrogen (secondary N) is 1. The highest BCUT2D eigenvalue weighted by atomic mass is 16.5. The van der Waals surface area contributed by atoms with E-state index in [0.29, 0.717) is 24.0 Å². The van der Waals surface area contributed by atoms with Crippen molar-refractivity contribution in [2.45, 2.75) is 19.5 Å². The Balaban J connectivity index is 1.39. The molecule has 2 aromatic carbocycles. The van der Waals surface area contributed by atoms with E-state index in [1.54, 1.807) is 14.2 Å². The van der Waals surface area contributed by atoms with Gasteiger partial charge in [0, 0.05) is 45.8 Å². The summed E-state index contributed by atoms with van der Waals surface area (Å²) < 4.78 is 16.2. The number of nitrogens with zero attached hydrogens (tertiary/aromatic N) is 2. The Morgan fingerprint density at radius 2 is 1.74 bits per heavy atom. The van der Waals surface area contributed by atoms with Crippen LogP contribution in [0.2, 0.25) is 0 Å². The molecule has 0 saturated carbocycles. The third kappa shape index (κ3) is 6.72. The summed E-state index contributed by atoms with van der Waals surface area (Å²) in [7, 11) is 3.25. The highest BCUT2D eigenvalue weighted by Gasteiger charge is 2.32. The number of likely N-dealkylation sites (tertiary alicyclic amines) is 1. The average Bonchev–Trinajstić information content (AvgIpc) is 2.88. The number of ether oxygens (including phenoxy) is 3. The average molecular weight is 468 g/mol. The van der Waals surface area contributed by atoms with Crippen LogP contribution in [-0.2, 0) is 22.6 Å². The molecule has 7 heteroatoms. The highest BCUT2D eigenvalue weighted by Crippen LogP contribution is 2.28. The zero-order chi connectivity index (χ0) is 23.8. The molecule has 2 aliphatic rings. The third-order valence-corrected chi connectivity index (χ3v) is 6.77. The van der Waals surface area contributed by atoms with E-state index in [1.165, 1.54) is 5.56 Å². The zero-order valence-corrected chi connectivity index (χ0v) is 20.4. The first-order chi connectivity index (χ1) is 16.6. The van der Waals surface area contributed by atoms with Crippen molar-refractivity contribution >= 4 is 5.91 Å². The van der Waals surface area contributed by atoms with Crippen molar-refractivity contribution in [1.29, 1.82) is 0 Å². The summed E-state index contributed by atoms with van der Waals surface area (Å²) in [5.74, 6) is 1.93. The van der Waals surface area contributed by atoms with Crippen LogP contribution in [0.3, 0.4) is 0 Å². The molecule has 2 saturated heterocycles. The highest BCUT2D eigenvalue weighted by molar-refractivity contribution is 5.79. The van der Waals surface area contributed by atoms with Crippen LogP contribution in [0.15, 0.2) is 48.5 Å². The fraction of sp³-hybridized carbons (Fsp3) is 0.519. The zero-order valence-electron chi connectivity index (χ0n) is 20.4. The van der Waals surface area contributed by atoms with Crippen LogP contribution in [0.25, 0.3) is 0 Å². The Morgan fingerprint density at radius 1 is 0.971 bits per heavy atom. The Hall–Kier alpha value is -2.61. The molecule has 2 heterocycles. The van der Waals surface area contributed by atoms with Gasteiger partial charge in [-0.3, -0.25) is 14.6 Å². The maximum atomic E-state index is 13.3. The van der Waals surface area contributed by atoms with Gasteiger partial charge in [-0.1, -0.05) is 36.4 Å². The number of methoxy groups -OCH3 is 2. The first-order valence-corrected chi connectivity index (χ1v) is 12.2. The molecule has 2 fully saturated rings. The van der Waals surface area contributed by atoms with Gasteiger partial charge >= 0.3 is 0 Å². The maximum Gasteiger partial charge on any atom is 0.224 e. The van der Waals surface area contributed by atoms with Crippen molar-refractivity contribution in [3.8, 4) is 11.5 Å². The van der Waals surface area contributed by atoms with Gasteiger partial charge in [0.25, 0.3) is 0 Å². The number of morpholine rings is 1. The molecular weight excluding hydrogens is 430 g/mol. The van der Waals surface area contributed by atoms with Gasteiger partial charge in [0.05, 0.1) is 33.4 Å². The molecule has 4 rings (SSSR count). The lowest BCUT2D eigenvalue weighted by Gasteiger charge is -2.40. The van der Waals surface area contributed by atoms with Gasteiger partial charge in [-0.15, -0.1) is 0 Å². The molecule has 2 aromatic rings. The summed E-state index contributed by atoms with van der Waals surface area (Å²) in [4.78, 5) is 18.2. The van der Waals surface area contributed by atoms with Crippen molar-refractivity contribution in [2.75, 3.05) is 60.2 Å². The monoisotopic (exact) mass is 467 g/mol. The van der Waals surface area contributed by atoms with Crippen LogP contribution < -0.4 is 14.8 Å². The fourth-order valence-corrected chi connectivity index (χ4v) is 5.07. The Morgan fingerprint density at radius 3 is 2.47 bits per heavy atom. The molecule has 184 valence electrons. The second-order valence-corrected chi connectivity index (χ2v) is 9.30. The van der Waals surface area contributed by atoms with Gasteiger partial charge < -0.3 is 19.5 Å². The molecule has 0 bridgehead atoms. The van der Waals surface area contributed by atoms with E-state index in [9.17, 15) is 4.79 Å². The minimum atomic E-state index is -0.0244. The molecule has 2 aliphatic heterocycles. The molecule has 0 aromatic heterocycles. The normalized spacial score (nSPS) is 21.7. The minimum absolute atomic E-state index is 0.0244. The number of benzene rings is 2. The van der Waals surface area contributed by atoms with Gasteiger partial charge in [0.2, 0.25) is 5.91 Å². The van der Waals surface area contributed by atoms with Crippen LogP contribution in [0.4, 0.5) is 0 Å². The second kappa shape index (κ2) is 12.2. The molecule has 0 radical (unpaired) electrons. The van der Waals surface area contributed by atoms with E-state index in [0.717, 1.165) is 64.5 Å². The van der Waals surface area contributed by atoms with Crippen molar-refractivity contribution < 1.29 is 19.0 Å². The van der Waals surface area contributed by atoms with Crippen molar-refractivity contribution in [3.05, 3.63) is 59.7 Å². The molecule has 1 amide bonds. The maximum absolute atomic E-state index is 13.3. The van der Waals surface area contributed by atoms with Crippen LogP contribution in [0.5, 0.6) is 11.5 Å². The van der Waals surface area contributed by atoms with Crippen LogP contribution in [0.1, 0.15) is 17.5 Å². The van der Waals surface area contributed by atoms with Crippen LogP contribution >= 0.6 is 0 Å². The molecule has 1 N–H and O–H groups in total. The largest absolute Gasteiger partial charge is 0.493 e. The number of carbonyl (C=O) groups excluding carboxylic acids is 1. The second-order valence-electron chi connectivity index (χ2n) is 9.30. The summed E-state index contributed by atoms with van der Waals surface area (Å²) in [6.07, 6.45) is 0.917. The first-order valence-electron chi connectivity index (χ1n) is 12.2. The Kier molecular flexibility index (Phi) is 8.79. The molecule has 0 aliphatic carbocycles. The SMILES string of the molecule is COc1ccc(CNC(=O)[C@@H]2C[C@H](CN3CCOCC3)CN(Cc3ccccc3)C2)cc1OC. The predicted octanol–water partition coefficient (Wildman–Crippen LogP) is 2.79. The van der Waals surface area contributed by atoms with E-state index in [4.69, 9.17) is 14.2 Å². The van der Waals surface area contributed by atoms with Crippen LogP contribution in [-0.4, -0.2) is 75.9 Å². The van der Waals surface area contributed by atoms with Gasteiger partial charge in [-0.25, -0.2) is 0 Å². The van der Waals surface area contributed by atoms with E-state index in [-0.39, 0.29) is 11.8 Å². The molecule has 0 unspecified atom stereocenters. The molecule has 0 spiro atoms. The van der Waals surface area contributed by atoms with Crippen LogP contribution in [0, 0.1) is 11.8 Å². The lowest BCUT2D eigenvalue weighted by atomic mass is 9.87. The predicted molar refractivity (Wildman–Crippen MR) is 132 cm³/mol. The topological polar surface area (TPSA) is 63.3 Å². The van der Waals surface area contributed by atoms with Gasteiger partial charge in [0.1, 0.15) is 0 Å². The lowest BCUT2D eigenvalue weighted by molar-refractivity contribution is -0.128. The molecular formula is C27H37N3O4. The van der Waals surface area contributed by atoms with Crippen molar-refractivity contribution in [1.82, 2.24) is 15.1 Å². The number of hydrogen-bond donors (Lipinski definition) is 1. The number of piperidine rings is 1. The third-order valence-electron chi connectivity index (χ3n) is 6.77. The summed E-state index contributed by atoms with van der Waals surface area (Å²) in [6.45, 7) is 7.73. The smallest absolute Gasteiger partial charge is 0.224 e. The summed E-state index contributed by atoms with van der Waals surface area (Å²) in [5.41, 5.74) is 2.28. The summed E-state index contributed by atoms with van der Waals surface area (Å²) in [6, 6.07) is 16.3. The van der Waals surface area contributed by atoms with Gasteiger partial charge in [-0.2, -0.15) is 0 Å². The minimum Gasteiger partial charge on any atom is -0.493 e. The molecule has 7 nitrogen and oxygen atoms in total. The van der Waals surface area contributed by atoms with Crippen molar-refractivity contribution in [3.63, 3.8) is 0 Å². The lowest BCUT2D eigenvalue weighted by Crippen LogP contribution is -2.49.